The Bertz CT molecular complexity index is 358. The zero-order valence-corrected chi connectivity index (χ0v) is 13.2. The lowest BCUT2D eigenvalue weighted by atomic mass is 9.82. The Morgan fingerprint density at radius 3 is 2.16 bits per heavy atom. The molecule has 1 N–H and O–H groups in total. The summed E-state index contributed by atoms with van der Waals surface area (Å²) in [4.78, 5) is 0. The van der Waals surface area contributed by atoms with Crippen molar-refractivity contribution in [1.29, 1.82) is 0 Å². The van der Waals surface area contributed by atoms with Crippen molar-refractivity contribution in [3.8, 4) is 0 Å². The van der Waals surface area contributed by atoms with E-state index >= 15 is 0 Å². The Kier molecular flexibility index (Phi) is 6.06. The summed E-state index contributed by atoms with van der Waals surface area (Å²) >= 11 is 0. The number of hydrogen-bond acceptors (Lipinski definition) is 1. The molecule has 0 amide bonds. The maximum atomic E-state index is 10.3. The van der Waals surface area contributed by atoms with Crippen LogP contribution in [0.25, 0.3) is 0 Å². The van der Waals surface area contributed by atoms with Crippen LogP contribution in [-0.4, -0.2) is 5.11 Å². The second-order valence-electron chi connectivity index (χ2n) is 7.11. The van der Waals surface area contributed by atoms with Gasteiger partial charge in [0.25, 0.3) is 0 Å². The van der Waals surface area contributed by atoms with Crippen molar-refractivity contribution in [2.75, 3.05) is 0 Å². The van der Waals surface area contributed by atoms with Crippen LogP contribution in [0.5, 0.6) is 0 Å². The highest BCUT2D eigenvalue weighted by molar-refractivity contribution is 5.24. The van der Waals surface area contributed by atoms with Gasteiger partial charge in [0.05, 0.1) is 6.10 Å². The Labute approximate surface area is 119 Å². The lowest BCUT2D eigenvalue weighted by molar-refractivity contribution is 0.134. The molecule has 0 saturated heterocycles. The normalized spacial score (nSPS) is 15.3. The van der Waals surface area contributed by atoms with Crippen molar-refractivity contribution in [2.24, 2.45) is 11.3 Å². The molecule has 2 unspecified atom stereocenters. The van der Waals surface area contributed by atoms with Crippen LogP contribution < -0.4 is 0 Å². The molecule has 0 bridgehead atoms. The van der Waals surface area contributed by atoms with Crippen LogP contribution in [0, 0.1) is 11.3 Å². The molecule has 0 spiro atoms. The van der Waals surface area contributed by atoms with Gasteiger partial charge in [-0.1, -0.05) is 65.3 Å². The van der Waals surface area contributed by atoms with E-state index in [4.69, 9.17) is 0 Å². The molecule has 0 aliphatic carbocycles. The molecule has 0 aliphatic heterocycles. The van der Waals surface area contributed by atoms with Crippen LogP contribution in [0.15, 0.2) is 24.3 Å². The van der Waals surface area contributed by atoms with Gasteiger partial charge in [-0.25, -0.2) is 0 Å². The number of rotatable bonds is 6. The minimum Gasteiger partial charge on any atom is -0.388 e. The van der Waals surface area contributed by atoms with E-state index in [0.29, 0.717) is 11.3 Å². The van der Waals surface area contributed by atoms with Gasteiger partial charge in [-0.15, -0.1) is 0 Å². The number of aryl methyl sites for hydroxylation is 1. The van der Waals surface area contributed by atoms with E-state index in [1.165, 1.54) is 12.0 Å². The van der Waals surface area contributed by atoms with E-state index in [9.17, 15) is 5.11 Å². The average Bonchev–Trinajstić information content (AvgIpc) is 2.27. The number of aliphatic hydroxyl groups is 1. The number of aliphatic hydroxyl groups excluding tert-OH is 1. The first-order valence-electron chi connectivity index (χ1n) is 7.58. The van der Waals surface area contributed by atoms with Crippen LogP contribution in [-0.2, 0) is 6.42 Å². The lowest BCUT2D eigenvalue weighted by Crippen LogP contribution is -2.13. The second-order valence-corrected chi connectivity index (χ2v) is 7.11. The molecule has 0 aromatic heterocycles. The van der Waals surface area contributed by atoms with Gasteiger partial charge < -0.3 is 5.11 Å². The summed E-state index contributed by atoms with van der Waals surface area (Å²) in [5.74, 6) is 0.547. The minimum absolute atomic E-state index is 0.326. The van der Waals surface area contributed by atoms with Crippen molar-refractivity contribution < 1.29 is 5.11 Å². The summed E-state index contributed by atoms with van der Waals surface area (Å²) in [5, 5.41) is 10.3. The van der Waals surface area contributed by atoms with E-state index in [-0.39, 0.29) is 6.10 Å². The predicted octanol–water partition coefficient (Wildman–Crippen LogP) is 5.13. The fraction of sp³-hybridized carbons (Fsp3) is 0.667. The van der Waals surface area contributed by atoms with Gasteiger partial charge in [-0.05, 0) is 41.7 Å². The van der Waals surface area contributed by atoms with Gasteiger partial charge in [0.2, 0.25) is 0 Å². The Balaban J connectivity index is 2.55. The highest BCUT2D eigenvalue weighted by Crippen LogP contribution is 2.30. The summed E-state index contributed by atoms with van der Waals surface area (Å²) < 4.78 is 0. The molecule has 0 radical (unpaired) electrons. The fourth-order valence-electron chi connectivity index (χ4n) is 2.84. The zero-order valence-electron chi connectivity index (χ0n) is 13.2. The molecule has 1 heteroatoms. The van der Waals surface area contributed by atoms with Gasteiger partial charge in [-0.3, -0.25) is 0 Å². The topological polar surface area (TPSA) is 20.2 Å². The van der Waals surface area contributed by atoms with Gasteiger partial charge in [0.1, 0.15) is 0 Å². The summed E-state index contributed by atoms with van der Waals surface area (Å²) in [5.41, 5.74) is 2.76. The summed E-state index contributed by atoms with van der Waals surface area (Å²) in [7, 11) is 0. The van der Waals surface area contributed by atoms with Crippen molar-refractivity contribution in [3.05, 3.63) is 35.4 Å². The molecule has 0 saturated carbocycles. The monoisotopic (exact) mass is 262 g/mol. The largest absolute Gasteiger partial charge is 0.388 e. The number of benzene rings is 1. The third kappa shape index (κ3) is 6.24. The maximum Gasteiger partial charge on any atom is 0.0792 e. The predicted molar refractivity (Wildman–Crippen MR) is 83.2 cm³/mol. The fourth-order valence-corrected chi connectivity index (χ4v) is 2.84. The zero-order chi connectivity index (χ0) is 14.5. The van der Waals surface area contributed by atoms with Crippen LogP contribution in [0.4, 0.5) is 0 Å². The lowest BCUT2D eigenvalue weighted by Gasteiger charge is -2.25. The van der Waals surface area contributed by atoms with Crippen LogP contribution >= 0.6 is 0 Å². The highest BCUT2D eigenvalue weighted by atomic mass is 16.3. The van der Waals surface area contributed by atoms with E-state index in [1.807, 2.05) is 0 Å². The minimum atomic E-state index is -0.326. The third-order valence-corrected chi connectivity index (χ3v) is 3.49. The molecular formula is C18H30O. The van der Waals surface area contributed by atoms with Crippen molar-refractivity contribution >= 4 is 0 Å². The van der Waals surface area contributed by atoms with Gasteiger partial charge in [-0.2, -0.15) is 0 Å². The SMILES string of the molecule is CCCc1ccc(C(O)CC(C)CC(C)(C)C)cc1. The quantitative estimate of drug-likeness (QED) is 0.753. The molecule has 0 heterocycles. The van der Waals surface area contributed by atoms with Gasteiger partial charge in [0.15, 0.2) is 0 Å². The first-order valence-corrected chi connectivity index (χ1v) is 7.58. The Morgan fingerprint density at radius 1 is 1.11 bits per heavy atom. The molecule has 0 fully saturated rings. The molecule has 1 rings (SSSR count). The molecular weight excluding hydrogens is 232 g/mol. The molecule has 1 nitrogen and oxygen atoms in total. The van der Waals surface area contributed by atoms with Crippen LogP contribution in [0.2, 0.25) is 0 Å². The number of hydrogen-bond donors (Lipinski definition) is 1. The maximum absolute atomic E-state index is 10.3. The van der Waals surface area contributed by atoms with E-state index in [2.05, 4.69) is 58.9 Å². The first kappa shape index (κ1) is 16.2. The van der Waals surface area contributed by atoms with E-state index < -0.39 is 0 Å². The van der Waals surface area contributed by atoms with Gasteiger partial charge >= 0.3 is 0 Å². The third-order valence-electron chi connectivity index (χ3n) is 3.49. The second kappa shape index (κ2) is 7.09. The summed E-state index contributed by atoms with van der Waals surface area (Å²) in [6, 6.07) is 8.46. The highest BCUT2D eigenvalue weighted by Gasteiger charge is 2.18. The Morgan fingerprint density at radius 2 is 1.68 bits per heavy atom. The van der Waals surface area contributed by atoms with Gasteiger partial charge in [0, 0.05) is 0 Å². The van der Waals surface area contributed by atoms with Crippen molar-refractivity contribution in [1.82, 2.24) is 0 Å². The molecule has 1 aromatic carbocycles. The van der Waals surface area contributed by atoms with Crippen LogP contribution in [0.3, 0.4) is 0 Å². The van der Waals surface area contributed by atoms with Crippen LogP contribution in [0.1, 0.15) is 71.1 Å². The van der Waals surface area contributed by atoms with Crippen molar-refractivity contribution in [2.45, 2.75) is 66.4 Å². The van der Waals surface area contributed by atoms with E-state index in [1.54, 1.807) is 0 Å². The van der Waals surface area contributed by atoms with Crippen molar-refractivity contribution in [3.63, 3.8) is 0 Å². The summed E-state index contributed by atoms with van der Waals surface area (Å²) in [6.07, 6.45) is 3.97. The molecule has 19 heavy (non-hydrogen) atoms. The molecule has 0 aliphatic rings. The standard InChI is InChI=1S/C18H30O/c1-6-7-15-8-10-16(11-9-15)17(19)12-14(2)13-18(3,4)5/h8-11,14,17,19H,6-7,12-13H2,1-5H3. The summed E-state index contributed by atoms with van der Waals surface area (Å²) in [6.45, 7) is 11.2. The Hall–Kier alpha value is -0.820. The van der Waals surface area contributed by atoms with E-state index in [0.717, 1.165) is 24.8 Å². The molecule has 1 aromatic rings. The average molecular weight is 262 g/mol. The smallest absolute Gasteiger partial charge is 0.0792 e. The molecule has 2 atom stereocenters. The molecule has 108 valence electrons. The first-order chi connectivity index (χ1) is 8.81.